The molecular weight excluding hydrogens is 345 g/mol. The summed E-state index contributed by atoms with van der Waals surface area (Å²) in [6.07, 6.45) is 1.93. The molecule has 0 aromatic heterocycles. The lowest BCUT2D eigenvalue weighted by atomic mass is 10.0. The first-order valence-electron chi connectivity index (χ1n) is 8.53. The number of nitrogens with zero attached hydrogens (tertiary/aromatic N) is 1. The molecule has 140 valence electrons. The zero-order valence-corrected chi connectivity index (χ0v) is 17.4. The van der Waals surface area contributed by atoms with Gasteiger partial charge in [0.25, 0.3) is 0 Å². The Balaban J connectivity index is 2.49. The summed E-state index contributed by atoms with van der Waals surface area (Å²) in [6, 6.07) is 12.4. The summed E-state index contributed by atoms with van der Waals surface area (Å²) in [7, 11) is 5.63. The maximum Gasteiger partial charge on any atom is 0.188 e. The average molecular weight is 373 g/mol. The molecule has 0 bridgehead atoms. The molecule has 5 heteroatoms. The lowest BCUT2D eigenvalue weighted by molar-refractivity contribution is 0.0481. The van der Waals surface area contributed by atoms with E-state index in [-0.39, 0.29) is 11.9 Å². The monoisotopic (exact) mass is 373 g/mol. The zero-order valence-electron chi connectivity index (χ0n) is 16.4. The zero-order chi connectivity index (χ0) is 19.2. The molecule has 26 heavy (non-hydrogen) atoms. The number of aryl methyl sites for hydroxylation is 1. The smallest absolute Gasteiger partial charge is 0.188 e. The van der Waals surface area contributed by atoms with E-state index in [1.54, 1.807) is 21.3 Å². The largest absolute Gasteiger partial charge is 0.493 e. The van der Waals surface area contributed by atoms with Gasteiger partial charge in [-0.3, -0.25) is 4.99 Å². The maximum atomic E-state index is 5.87. The number of methoxy groups -OCH3 is 2. The van der Waals surface area contributed by atoms with Gasteiger partial charge < -0.3 is 14.2 Å². The summed E-state index contributed by atoms with van der Waals surface area (Å²) in [4.78, 5) is 4.21. The Morgan fingerprint density at radius 2 is 1.85 bits per heavy atom. The number of rotatable bonds is 8. The van der Waals surface area contributed by atoms with Crippen molar-refractivity contribution in [2.45, 2.75) is 25.9 Å². The standard InChI is InChI=1S/C21H28NO3P/c1-15-9-7-10-16(13-22-4)20(15)26-21(2,3)17-11-8-12-18(24-6)19(17)25-14-23-5/h7-13,26H,14H2,1-6H3. The summed E-state index contributed by atoms with van der Waals surface area (Å²) in [5.74, 6) is 1.46. The van der Waals surface area contributed by atoms with E-state index in [0.29, 0.717) is 8.58 Å². The summed E-state index contributed by atoms with van der Waals surface area (Å²) in [6.45, 7) is 6.81. The van der Waals surface area contributed by atoms with Gasteiger partial charge in [-0.25, -0.2) is 0 Å². The van der Waals surface area contributed by atoms with Crippen LogP contribution in [0.4, 0.5) is 0 Å². The van der Waals surface area contributed by atoms with Crippen LogP contribution in [-0.4, -0.2) is 34.3 Å². The van der Waals surface area contributed by atoms with Crippen LogP contribution in [0.5, 0.6) is 11.5 Å². The molecule has 2 rings (SSSR count). The van der Waals surface area contributed by atoms with Crippen LogP contribution in [0.15, 0.2) is 41.4 Å². The Morgan fingerprint density at radius 1 is 1.12 bits per heavy atom. The molecule has 0 fully saturated rings. The maximum absolute atomic E-state index is 5.87. The first kappa shape index (κ1) is 20.4. The van der Waals surface area contributed by atoms with Gasteiger partial charge in [-0.1, -0.05) is 52.8 Å². The van der Waals surface area contributed by atoms with Crippen molar-refractivity contribution in [2.75, 3.05) is 28.1 Å². The second-order valence-electron chi connectivity index (χ2n) is 6.56. The Morgan fingerprint density at radius 3 is 2.50 bits per heavy atom. The van der Waals surface area contributed by atoms with Crippen molar-refractivity contribution in [2.24, 2.45) is 4.99 Å². The Kier molecular flexibility index (Phi) is 7.19. The third-order valence-electron chi connectivity index (χ3n) is 4.20. The van der Waals surface area contributed by atoms with Crippen molar-refractivity contribution in [1.82, 2.24) is 0 Å². The van der Waals surface area contributed by atoms with Crippen LogP contribution < -0.4 is 14.8 Å². The number of hydrogen-bond donors (Lipinski definition) is 0. The molecule has 0 aliphatic heterocycles. The summed E-state index contributed by atoms with van der Waals surface area (Å²) in [5.41, 5.74) is 3.55. The predicted octanol–water partition coefficient (Wildman–Crippen LogP) is 4.27. The minimum absolute atomic E-state index is 0.139. The lowest BCUT2D eigenvalue weighted by Gasteiger charge is -2.29. The molecule has 0 N–H and O–H groups in total. The Hall–Kier alpha value is -1.90. The van der Waals surface area contributed by atoms with E-state index in [0.717, 1.165) is 17.1 Å². The van der Waals surface area contributed by atoms with E-state index < -0.39 is 0 Å². The number of ether oxygens (including phenoxy) is 3. The molecule has 0 spiro atoms. The van der Waals surface area contributed by atoms with Crippen LogP contribution in [0.1, 0.15) is 30.5 Å². The van der Waals surface area contributed by atoms with E-state index in [2.05, 4.69) is 50.0 Å². The molecule has 0 radical (unpaired) electrons. The van der Waals surface area contributed by atoms with E-state index in [4.69, 9.17) is 14.2 Å². The van der Waals surface area contributed by atoms with Gasteiger partial charge in [0.15, 0.2) is 18.3 Å². The van der Waals surface area contributed by atoms with E-state index >= 15 is 0 Å². The molecule has 0 saturated carbocycles. The van der Waals surface area contributed by atoms with Crippen LogP contribution in [-0.2, 0) is 9.89 Å². The predicted molar refractivity (Wildman–Crippen MR) is 111 cm³/mol. The molecule has 0 amide bonds. The van der Waals surface area contributed by atoms with Gasteiger partial charge in [0.1, 0.15) is 0 Å². The molecule has 2 aromatic rings. The van der Waals surface area contributed by atoms with Gasteiger partial charge in [0, 0.05) is 31.1 Å². The summed E-state index contributed by atoms with van der Waals surface area (Å²) < 4.78 is 16.5. The first-order valence-corrected chi connectivity index (χ1v) is 9.53. The third-order valence-corrected chi connectivity index (χ3v) is 6.03. The topological polar surface area (TPSA) is 40.0 Å². The Bertz CT molecular complexity index is 772. The summed E-state index contributed by atoms with van der Waals surface area (Å²) >= 11 is 0. The SMILES string of the molecule is CN=Cc1cccc(C)c1PC(C)(C)c1cccc(OC)c1OCOC. The minimum Gasteiger partial charge on any atom is -0.493 e. The van der Waals surface area contributed by atoms with E-state index in [1.807, 2.05) is 18.3 Å². The molecule has 1 unspecified atom stereocenters. The molecule has 0 heterocycles. The van der Waals surface area contributed by atoms with Gasteiger partial charge in [-0.05, 0) is 29.4 Å². The average Bonchev–Trinajstić information content (AvgIpc) is 2.62. The number of para-hydroxylation sites is 1. The van der Waals surface area contributed by atoms with Crippen molar-refractivity contribution in [3.63, 3.8) is 0 Å². The molecule has 1 atom stereocenters. The minimum atomic E-state index is -0.139. The van der Waals surface area contributed by atoms with Crippen LogP contribution in [0.25, 0.3) is 0 Å². The number of hydrogen-bond acceptors (Lipinski definition) is 4. The molecular formula is C21H28NO3P. The van der Waals surface area contributed by atoms with Crippen LogP contribution in [0, 0.1) is 6.92 Å². The summed E-state index contributed by atoms with van der Waals surface area (Å²) in [5, 5.41) is 1.18. The quantitative estimate of drug-likeness (QED) is 0.394. The highest BCUT2D eigenvalue weighted by atomic mass is 31.1. The van der Waals surface area contributed by atoms with Gasteiger partial charge >= 0.3 is 0 Å². The fourth-order valence-corrected chi connectivity index (χ4v) is 4.45. The van der Waals surface area contributed by atoms with Crippen LogP contribution >= 0.6 is 8.58 Å². The second kappa shape index (κ2) is 9.16. The van der Waals surface area contributed by atoms with E-state index in [1.165, 1.54) is 16.4 Å². The van der Waals surface area contributed by atoms with Gasteiger partial charge in [0.05, 0.1) is 7.11 Å². The fraction of sp³-hybridized carbons (Fsp3) is 0.381. The van der Waals surface area contributed by atoms with Crippen molar-refractivity contribution >= 4 is 20.1 Å². The number of aliphatic imine (C=N–C) groups is 1. The van der Waals surface area contributed by atoms with Gasteiger partial charge in [-0.15, -0.1) is 0 Å². The Labute approximate surface area is 158 Å². The highest BCUT2D eigenvalue weighted by Gasteiger charge is 2.28. The number of benzene rings is 2. The fourth-order valence-electron chi connectivity index (χ4n) is 2.92. The molecule has 0 aliphatic rings. The van der Waals surface area contributed by atoms with E-state index in [9.17, 15) is 0 Å². The second-order valence-corrected chi connectivity index (χ2v) is 8.56. The molecule has 2 aromatic carbocycles. The normalized spacial score (nSPS) is 12.2. The molecule has 4 nitrogen and oxygen atoms in total. The van der Waals surface area contributed by atoms with Crippen molar-refractivity contribution < 1.29 is 14.2 Å². The molecule has 0 aliphatic carbocycles. The highest BCUT2D eigenvalue weighted by Crippen LogP contribution is 2.47. The van der Waals surface area contributed by atoms with Gasteiger partial charge in [0.2, 0.25) is 0 Å². The first-order chi connectivity index (χ1) is 12.4. The van der Waals surface area contributed by atoms with Crippen LogP contribution in [0.2, 0.25) is 0 Å². The third kappa shape index (κ3) is 4.63. The van der Waals surface area contributed by atoms with Crippen molar-refractivity contribution in [1.29, 1.82) is 0 Å². The highest BCUT2D eigenvalue weighted by molar-refractivity contribution is 7.48. The van der Waals surface area contributed by atoms with Crippen LogP contribution in [0.3, 0.4) is 0 Å². The van der Waals surface area contributed by atoms with Crippen molar-refractivity contribution in [3.8, 4) is 11.5 Å². The lowest BCUT2D eigenvalue weighted by Crippen LogP contribution is -2.20. The molecule has 0 saturated heterocycles. The van der Waals surface area contributed by atoms with Gasteiger partial charge in [-0.2, -0.15) is 0 Å². The van der Waals surface area contributed by atoms with Crippen molar-refractivity contribution in [3.05, 3.63) is 53.1 Å².